The molecular formula is C21H21N3O4. The summed E-state index contributed by atoms with van der Waals surface area (Å²) in [5, 5.41) is 0.613. The van der Waals surface area contributed by atoms with Gasteiger partial charge in [-0.25, -0.2) is 4.98 Å². The summed E-state index contributed by atoms with van der Waals surface area (Å²) >= 11 is 0. The summed E-state index contributed by atoms with van der Waals surface area (Å²) in [4.78, 5) is 17.3. The zero-order valence-corrected chi connectivity index (χ0v) is 16.0. The fraction of sp³-hybridized carbons (Fsp3) is 0.238. The van der Waals surface area contributed by atoms with Crippen LogP contribution in [-0.2, 0) is 13.0 Å². The van der Waals surface area contributed by atoms with Crippen molar-refractivity contribution in [3.8, 4) is 17.2 Å². The molecule has 4 rings (SSSR count). The Morgan fingerprint density at radius 2 is 1.68 bits per heavy atom. The fourth-order valence-corrected chi connectivity index (χ4v) is 3.39. The minimum atomic E-state index is -0.0628. The highest BCUT2D eigenvalue weighted by molar-refractivity contribution is 5.79. The maximum absolute atomic E-state index is 12.7. The van der Waals surface area contributed by atoms with Crippen LogP contribution in [0.4, 0.5) is 0 Å². The third-order valence-corrected chi connectivity index (χ3v) is 4.81. The third-order valence-electron chi connectivity index (χ3n) is 4.81. The van der Waals surface area contributed by atoms with Gasteiger partial charge in [-0.3, -0.25) is 9.20 Å². The summed E-state index contributed by atoms with van der Waals surface area (Å²) < 4.78 is 19.8. The van der Waals surface area contributed by atoms with Gasteiger partial charge in [-0.2, -0.15) is 0 Å². The van der Waals surface area contributed by atoms with E-state index in [0.29, 0.717) is 46.9 Å². The molecule has 7 heteroatoms. The molecule has 0 bridgehead atoms. The number of rotatable bonds is 6. The van der Waals surface area contributed by atoms with Crippen LogP contribution >= 0.6 is 0 Å². The van der Waals surface area contributed by atoms with E-state index in [9.17, 15) is 4.79 Å². The minimum absolute atomic E-state index is 0.0628. The molecule has 0 fully saturated rings. The van der Waals surface area contributed by atoms with Crippen molar-refractivity contribution >= 4 is 16.7 Å². The summed E-state index contributed by atoms with van der Waals surface area (Å²) in [5.74, 6) is 2.43. The molecule has 0 aliphatic rings. The smallest absolute Gasteiger partial charge is 0.266 e. The molecule has 7 nitrogen and oxygen atoms in total. The number of methoxy groups -OCH3 is 3. The van der Waals surface area contributed by atoms with E-state index in [0.717, 1.165) is 5.56 Å². The lowest BCUT2D eigenvalue weighted by molar-refractivity contribution is 0.323. The molecule has 144 valence electrons. The molecule has 0 spiro atoms. The number of para-hydroxylation sites is 1. The zero-order chi connectivity index (χ0) is 19.7. The second-order valence-corrected chi connectivity index (χ2v) is 6.38. The Balaban J connectivity index is 1.69. The lowest BCUT2D eigenvalue weighted by Gasteiger charge is -2.14. The Bertz CT molecular complexity index is 1180. The highest BCUT2D eigenvalue weighted by atomic mass is 16.5. The molecule has 4 aromatic rings. The summed E-state index contributed by atoms with van der Waals surface area (Å²) in [6.45, 7) is 0.653. The number of fused-ring (bicyclic) bond motifs is 2. The molecular weight excluding hydrogens is 358 g/mol. The summed E-state index contributed by atoms with van der Waals surface area (Å²) in [7, 11) is 4.78. The maximum Gasteiger partial charge on any atom is 0.266 e. The summed E-state index contributed by atoms with van der Waals surface area (Å²) in [6.07, 6.45) is 4.34. The van der Waals surface area contributed by atoms with Crippen molar-refractivity contribution in [1.82, 2.24) is 14.0 Å². The quantitative estimate of drug-likeness (QED) is 0.515. The predicted molar refractivity (Wildman–Crippen MR) is 107 cm³/mol. The van der Waals surface area contributed by atoms with Crippen molar-refractivity contribution < 1.29 is 14.2 Å². The van der Waals surface area contributed by atoms with Gasteiger partial charge in [0, 0.05) is 18.9 Å². The van der Waals surface area contributed by atoms with Crippen molar-refractivity contribution in [1.29, 1.82) is 0 Å². The number of hydrogen-bond acceptors (Lipinski definition) is 5. The number of aromatic nitrogens is 3. The molecule has 0 saturated heterocycles. The molecule has 0 N–H and O–H groups in total. The molecule has 0 radical (unpaired) electrons. The van der Waals surface area contributed by atoms with E-state index in [4.69, 9.17) is 14.2 Å². The van der Waals surface area contributed by atoms with Crippen LogP contribution in [0.15, 0.2) is 53.6 Å². The molecule has 0 amide bonds. The van der Waals surface area contributed by atoms with Crippen molar-refractivity contribution in [3.63, 3.8) is 0 Å². The van der Waals surface area contributed by atoms with E-state index >= 15 is 0 Å². The number of aryl methyl sites for hydroxylation is 2. The Labute approximate surface area is 161 Å². The standard InChI is InChI=1S/C21H21N3O4/c1-26-17-12-14(13-18(27-2)19(17)28-3)8-9-23-10-11-24-20(25)15-6-4-5-7-16(15)22-21(23)24/h4-7,10-13H,8-9H2,1-3H3. The third kappa shape index (κ3) is 2.94. The Hall–Kier alpha value is -3.48. The van der Waals surface area contributed by atoms with Gasteiger partial charge in [0.1, 0.15) is 0 Å². The molecule has 28 heavy (non-hydrogen) atoms. The van der Waals surface area contributed by atoms with Gasteiger partial charge in [-0.1, -0.05) is 12.1 Å². The van der Waals surface area contributed by atoms with Crippen LogP contribution < -0.4 is 19.8 Å². The highest BCUT2D eigenvalue weighted by Crippen LogP contribution is 2.38. The Morgan fingerprint density at radius 3 is 2.36 bits per heavy atom. The average molecular weight is 379 g/mol. The van der Waals surface area contributed by atoms with Crippen molar-refractivity contribution in [2.24, 2.45) is 0 Å². The molecule has 0 unspecified atom stereocenters. The Kier molecular flexibility index (Phi) is 4.65. The number of hydrogen-bond donors (Lipinski definition) is 0. The van der Waals surface area contributed by atoms with Gasteiger partial charge >= 0.3 is 0 Å². The molecule has 2 aromatic carbocycles. The van der Waals surface area contributed by atoms with Crippen LogP contribution in [0, 0.1) is 0 Å². The van der Waals surface area contributed by atoms with Gasteiger partial charge in [0.25, 0.3) is 5.56 Å². The first kappa shape index (κ1) is 17.9. The first-order chi connectivity index (χ1) is 13.7. The normalized spacial score (nSPS) is 11.1. The van der Waals surface area contributed by atoms with Gasteiger partial charge < -0.3 is 18.8 Å². The number of benzene rings is 2. The van der Waals surface area contributed by atoms with E-state index in [1.54, 1.807) is 38.0 Å². The summed E-state index contributed by atoms with van der Waals surface area (Å²) in [6, 6.07) is 11.2. The van der Waals surface area contributed by atoms with Gasteiger partial charge in [0.2, 0.25) is 11.5 Å². The molecule has 2 aromatic heterocycles. The van der Waals surface area contributed by atoms with Crippen LogP contribution in [0.3, 0.4) is 0 Å². The van der Waals surface area contributed by atoms with Crippen LogP contribution in [0.25, 0.3) is 16.7 Å². The monoisotopic (exact) mass is 379 g/mol. The lowest BCUT2D eigenvalue weighted by atomic mass is 10.1. The van der Waals surface area contributed by atoms with Gasteiger partial charge in [0.15, 0.2) is 11.5 Å². The first-order valence-corrected chi connectivity index (χ1v) is 8.91. The van der Waals surface area contributed by atoms with Crippen molar-refractivity contribution in [3.05, 3.63) is 64.7 Å². The van der Waals surface area contributed by atoms with Gasteiger partial charge in [-0.05, 0) is 36.2 Å². The highest BCUT2D eigenvalue weighted by Gasteiger charge is 2.14. The number of imidazole rings is 1. The predicted octanol–water partition coefficient (Wildman–Crippen LogP) is 2.92. The van der Waals surface area contributed by atoms with E-state index in [1.807, 2.05) is 41.1 Å². The van der Waals surface area contributed by atoms with E-state index < -0.39 is 0 Å². The van der Waals surface area contributed by atoms with Crippen molar-refractivity contribution in [2.75, 3.05) is 21.3 Å². The second-order valence-electron chi connectivity index (χ2n) is 6.38. The maximum atomic E-state index is 12.7. The topological polar surface area (TPSA) is 67.0 Å². The van der Waals surface area contributed by atoms with Gasteiger partial charge in [0.05, 0.1) is 32.2 Å². The largest absolute Gasteiger partial charge is 0.493 e. The van der Waals surface area contributed by atoms with Crippen LogP contribution in [-0.4, -0.2) is 35.3 Å². The van der Waals surface area contributed by atoms with E-state index in [1.165, 1.54) is 0 Å². The SMILES string of the molecule is COc1cc(CCn2ccn3c(=O)c4ccccc4nc23)cc(OC)c1OC. The number of nitrogens with zero attached hydrogens (tertiary/aromatic N) is 3. The Morgan fingerprint density at radius 1 is 0.964 bits per heavy atom. The molecule has 0 saturated carbocycles. The average Bonchev–Trinajstić information content (AvgIpc) is 3.14. The van der Waals surface area contributed by atoms with Crippen LogP contribution in [0.1, 0.15) is 5.56 Å². The van der Waals surface area contributed by atoms with E-state index in [2.05, 4.69) is 4.98 Å². The van der Waals surface area contributed by atoms with Crippen molar-refractivity contribution in [2.45, 2.75) is 13.0 Å². The fourth-order valence-electron chi connectivity index (χ4n) is 3.39. The lowest BCUT2D eigenvalue weighted by Crippen LogP contribution is -2.15. The molecule has 0 aliphatic heterocycles. The molecule has 2 heterocycles. The second kappa shape index (κ2) is 7.26. The summed E-state index contributed by atoms with van der Waals surface area (Å²) in [5.41, 5.74) is 1.66. The molecule has 0 aliphatic carbocycles. The van der Waals surface area contributed by atoms with Gasteiger partial charge in [-0.15, -0.1) is 0 Å². The number of ether oxygens (including phenoxy) is 3. The van der Waals surface area contributed by atoms with Crippen LogP contribution in [0.2, 0.25) is 0 Å². The minimum Gasteiger partial charge on any atom is -0.493 e. The molecule has 0 atom stereocenters. The van der Waals surface area contributed by atoms with E-state index in [-0.39, 0.29) is 5.56 Å². The van der Waals surface area contributed by atoms with Crippen LogP contribution in [0.5, 0.6) is 17.2 Å². The zero-order valence-electron chi connectivity index (χ0n) is 16.0. The first-order valence-electron chi connectivity index (χ1n) is 8.91.